The molecule has 7 nitrogen and oxygen atoms in total. The van der Waals surface area contributed by atoms with E-state index in [9.17, 15) is 19.7 Å². The van der Waals surface area contributed by atoms with Crippen molar-refractivity contribution in [2.75, 3.05) is 12.0 Å². The molecule has 2 aromatic carbocycles. The number of nitro groups is 1. The van der Waals surface area contributed by atoms with Gasteiger partial charge in [-0.2, -0.15) is 0 Å². The third kappa shape index (κ3) is 2.27. The van der Waals surface area contributed by atoms with Gasteiger partial charge in [-0.3, -0.25) is 19.7 Å². The van der Waals surface area contributed by atoms with Crippen LogP contribution in [0.15, 0.2) is 40.9 Å². The summed E-state index contributed by atoms with van der Waals surface area (Å²) in [6.45, 7) is 0. The van der Waals surface area contributed by atoms with E-state index in [0.29, 0.717) is 10.2 Å². The molecular formula is C15H9BrN2O5. The summed E-state index contributed by atoms with van der Waals surface area (Å²) in [5.41, 5.74) is -0.350. The molecule has 1 aliphatic heterocycles. The Kier molecular flexibility index (Phi) is 3.61. The van der Waals surface area contributed by atoms with Crippen LogP contribution in [0.1, 0.15) is 20.7 Å². The van der Waals surface area contributed by atoms with Gasteiger partial charge in [0, 0.05) is 10.5 Å². The lowest BCUT2D eigenvalue weighted by atomic mass is 10.1. The predicted octanol–water partition coefficient (Wildman–Crippen LogP) is 3.17. The fourth-order valence-corrected chi connectivity index (χ4v) is 2.81. The number of ether oxygens (including phenoxy) is 1. The molecule has 8 heteroatoms. The van der Waals surface area contributed by atoms with Crippen LogP contribution in [0.3, 0.4) is 0 Å². The molecule has 0 fully saturated rings. The molecule has 0 saturated heterocycles. The molecule has 23 heavy (non-hydrogen) atoms. The molecule has 0 unspecified atom stereocenters. The maximum atomic E-state index is 12.6. The maximum absolute atomic E-state index is 12.6. The monoisotopic (exact) mass is 376 g/mol. The van der Waals surface area contributed by atoms with Gasteiger partial charge in [0.15, 0.2) is 0 Å². The summed E-state index contributed by atoms with van der Waals surface area (Å²) in [7, 11) is 1.41. The number of methoxy groups -OCH3 is 1. The highest BCUT2D eigenvalue weighted by Gasteiger charge is 2.42. The lowest BCUT2D eigenvalue weighted by molar-refractivity contribution is -0.385. The van der Waals surface area contributed by atoms with Gasteiger partial charge >= 0.3 is 0 Å². The van der Waals surface area contributed by atoms with Crippen LogP contribution in [-0.4, -0.2) is 23.8 Å². The van der Waals surface area contributed by atoms with Gasteiger partial charge in [0.1, 0.15) is 11.3 Å². The number of nitro benzene ring substituents is 1. The highest BCUT2D eigenvalue weighted by Crippen LogP contribution is 2.38. The van der Waals surface area contributed by atoms with Crippen molar-refractivity contribution in [2.24, 2.45) is 0 Å². The molecule has 116 valence electrons. The number of hydrogen-bond acceptors (Lipinski definition) is 5. The number of carbonyl (C=O) groups is 2. The Balaban J connectivity index is 2.19. The Hall–Kier alpha value is -2.74. The highest BCUT2D eigenvalue weighted by molar-refractivity contribution is 9.10. The molecule has 0 saturated carbocycles. The Morgan fingerprint density at radius 1 is 1.17 bits per heavy atom. The molecule has 2 amide bonds. The molecule has 1 heterocycles. The zero-order valence-corrected chi connectivity index (χ0v) is 13.4. The molecule has 3 rings (SSSR count). The summed E-state index contributed by atoms with van der Waals surface area (Å²) in [4.78, 5) is 36.5. The summed E-state index contributed by atoms with van der Waals surface area (Å²) in [6.07, 6.45) is 0. The second kappa shape index (κ2) is 5.47. The summed E-state index contributed by atoms with van der Waals surface area (Å²) < 4.78 is 5.91. The summed E-state index contributed by atoms with van der Waals surface area (Å²) in [5, 5.41) is 11.1. The topological polar surface area (TPSA) is 89.8 Å². The molecule has 2 aromatic rings. The quantitative estimate of drug-likeness (QED) is 0.466. The van der Waals surface area contributed by atoms with Crippen molar-refractivity contribution in [2.45, 2.75) is 0 Å². The van der Waals surface area contributed by atoms with Gasteiger partial charge < -0.3 is 4.74 Å². The van der Waals surface area contributed by atoms with E-state index in [1.165, 1.54) is 31.4 Å². The summed E-state index contributed by atoms with van der Waals surface area (Å²) in [5.74, 6) is -1.05. The van der Waals surface area contributed by atoms with E-state index in [-0.39, 0.29) is 22.5 Å². The zero-order valence-electron chi connectivity index (χ0n) is 11.8. The first-order valence-corrected chi connectivity index (χ1v) is 7.24. The maximum Gasteiger partial charge on any atom is 0.283 e. The largest absolute Gasteiger partial charge is 0.495 e. The van der Waals surface area contributed by atoms with Crippen LogP contribution in [0, 0.1) is 10.1 Å². The van der Waals surface area contributed by atoms with E-state index in [4.69, 9.17) is 4.74 Å². The number of rotatable bonds is 3. The first kappa shape index (κ1) is 15.2. The van der Waals surface area contributed by atoms with Gasteiger partial charge in [0.2, 0.25) is 0 Å². The van der Waals surface area contributed by atoms with Crippen LogP contribution in [0.25, 0.3) is 0 Å². The van der Waals surface area contributed by atoms with Crippen LogP contribution in [0.4, 0.5) is 11.4 Å². The van der Waals surface area contributed by atoms with E-state index in [1.54, 1.807) is 12.1 Å². The number of benzene rings is 2. The smallest absolute Gasteiger partial charge is 0.283 e. The van der Waals surface area contributed by atoms with Crippen molar-refractivity contribution in [3.8, 4) is 5.75 Å². The predicted molar refractivity (Wildman–Crippen MR) is 84.9 cm³/mol. The van der Waals surface area contributed by atoms with Gasteiger partial charge in [0.25, 0.3) is 17.5 Å². The molecule has 0 aromatic heterocycles. The fourth-order valence-electron chi connectivity index (χ4n) is 2.47. The standard InChI is InChI=1S/C15H9BrN2O5/c1-23-12-7-8(16)5-6-10(12)17-14(19)9-3-2-4-11(18(21)22)13(9)15(17)20/h2-7H,1H3. The Labute approximate surface area is 138 Å². The van der Waals surface area contributed by atoms with E-state index in [2.05, 4.69) is 15.9 Å². The number of hydrogen-bond donors (Lipinski definition) is 0. The van der Waals surface area contributed by atoms with Crippen LogP contribution < -0.4 is 9.64 Å². The molecule has 1 aliphatic rings. The van der Waals surface area contributed by atoms with Crippen LogP contribution in [0.2, 0.25) is 0 Å². The lowest BCUT2D eigenvalue weighted by Crippen LogP contribution is -2.29. The molecule has 0 atom stereocenters. The van der Waals surface area contributed by atoms with E-state index in [1.807, 2.05) is 0 Å². The minimum Gasteiger partial charge on any atom is -0.495 e. The van der Waals surface area contributed by atoms with Crippen molar-refractivity contribution < 1.29 is 19.2 Å². The van der Waals surface area contributed by atoms with Crippen LogP contribution in [0.5, 0.6) is 5.75 Å². The van der Waals surface area contributed by atoms with Gasteiger partial charge in [0.05, 0.1) is 23.3 Å². The van der Waals surface area contributed by atoms with Crippen LogP contribution in [-0.2, 0) is 0 Å². The number of carbonyl (C=O) groups excluding carboxylic acids is 2. The normalized spacial score (nSPS) is 13.2. The SMILES string of the molecule is COc1cc(Br)ccc1N1C(=O)c2cccc([N+](=O)[O-])c2C1=O. The third-order valence-corrected chi connectivity index (χ3v) is 3.97. The first-order valence-electron chi connectivity index (χ1n) is 6.45. The van der Waals surface area contributed by atoms with Crippen molar-refractivity contribution in [1.82, 2.24) is 0 Å². The zero-order chi connectivity index (χ0) is 16.7. The average molecular weight is 377 g/mol. The fraction of sp³-hybridized carbons (Fsp3) is 0.0667. The van der Waals surface area contributed by atoms with Crippen molar-refractivity contribution in [3.05, 3.63) is 62.1 Å². The van der Waals surface area contributed by atoms with Crippen LogP contribution >= 0.6 is 15.9 Å². The van der Waals surface area contributed by atoms with E-state index >= 15 is 0 Å². The van der Waals surface area contributed by atoms with E-state index < -0.39 is 16.7 Å². The van der Waals surface area contributed by atoms with E-state index in [0.717, 1.165) is 4.90 Å². The number of fused-ring (bicyclic) bond motifs is 1. The molecule has 0 N–H and O–H groups in total. The number of amides is 2. The van der Waals surface area contributed by atoms with Crippen molar-refractivity contribution in [1.29, 1.82) is 0 Å². The second-order valence-corrected chi connectivity index (χ2v) is 5.63. The number of imide groups is 1. The molecule has 0 radical (unpaired) electrons. The second-order valence-electron chi connectivity index (χ2n) is 4.72. The highest BCUT2D eigenvalue weighted by atomic mass is 79.9. The average Bonchev–Trinajstić information content (AvgIpc) is 2.79. The Bertz CT molecular complexity index is 865. The lowest BCUT2D eigenvalue weighted by Gasteiger charge is -2.17. The van der Waals surface area contributed by atoms with Crippen molar-refractivity contribution in [3.63, 3.8) is 0 Å². The summed E-state index contributed by atoms with van der Waals surface area (Å²) in [6, 6.07) is 8.77. The Morgan fingerprint density at radius 3 is 2.57 bits per heavy atom. The van der Waals surface area contributed by atoms with Gasteiger partial charge in [-0.05, 0) is 24.3 Å². The molecule has 0 bridgehead atoms. The number of halogens is 1. The first-order chi connectivity index (χ1) is 11.0. The molecule has 0 spiro atoms. The number of nitrogens with zero attached hydrogens (tertiary/aromatic N) is 2. The molecule has 0 aliphatic carbocycles. The van der Waals surface area contributed by atoms with Crippen molar-refractivity contribution >= 4 is 39.1 Å². The number of anilines is 1. The minimum atomic E-state index is -0.738. The minimum absolute atomic E-state index is 0.00849. The van der Waals surface area contributed by atoms with Gasteiger partial charge in [-0.25, -0.2) is 4.90 Å². The van der Waals surface area contributed by atoms with Gasteiger partial charge in [-0.15, -0.1) is 0 Å². The summed E-state index contributed by atoms with van der Waals surface area (Å²) >= 11 is 3.28. The van der Waals surface area contributed by atoms with Gasteiger partial charge in [-0.1, -0.05) is 22.0 Å². The molecular weight excluding hydrogens is 368 g/mol. The third-order valence-electron chi connectivity index (χ3n) is 3.47. The Morgan fingerprint density at radius 2 is 1.91 bits per heavy atom.